The number of nitrogens with one attached hydrogen (secondary N) is 1. The zero-order valence-corrected chi connectivity index (χ0v) is 9.81. The molecule has 0 radical (unpaired) electrons. The van der Waals surface area contributed by atoms with Gasteiger partial charge in [-0.15, -0.1) is 0 Å². The molecule has 0 heterocycles. The average molecular weight is 239 g/mol. The highest BCUT2D eigenvalue weighted by atomic mass is 19.4. The highest BCUT2D eigenvalue weighted by molar-refractivity contribution is 4.84. The summed E-state index contributed by atoms with van der Waals surface area (Å²) in [6.07, 6.45) is -1.85. The highest BCUT2D eigenvalue weighted by Crippen LogP contribution is 2.28. The predicted molar refractivity (Wildman–Crippen MR) is 56.3 cm³/mol. The summed E-state index contributed by atoms with van der Waals surface area (Å²) in [6, 6.07) is 0.0727. The monoisotopic (exact) mass is 239 g/mol. The van der Waals surface area contributed by atoms with Crippen molar-refractivity contribution in [2.45, 2.75) is 51.4 Å². The first-order valence-corrected chi connectivity index (χ1v) is 5.84. The summed E-state index contributed by atoms with van der Waals surface area (Å²) >= 11 is 0. The maximum absolute atomic E-state index is 12.1. The van der Waals surface area contributed by atoms with Crippen LogP contribution in [0.1, 0.15) is 33.1 Å². The summed E-state index contributed by atoms with van der Waals surface area (Å²) in [6.45, 7) is 3.65. The third-order valence-corrected chi connectivity index (χ3v) is 2.98. The molecule has 0 bridgehead atoms. The zero-order valence-electron chi connectivity index (χ0n) is 9.81. The van der Waals surface area contributed by atoms with Gasteiger partial charge in [0, 0.05) is 6.04 Å². The number of hydrogen-bond acceptors (Lipinski definition) is 2. The Morgan fingerprint density at radius 1 is 1.31 bits per heavy atom. The van der Waals surface area contributed by atoms with Crippen molar-refractivity contribution in [1.82, 2.24) is 5.32 Å². The molecule has 0 saturated heterocycles. The van der Waals surface area contributed by atoms with E-state index < -0.39 is 12.8 Å². The van der Waals surface area contributed by atoms with E-state index in [0.29, 0.717) is 12.3 Å². The van der Waals surface area contributed by atoms with E-state index in [1.807, 2.05) is 6.92 Å². The summed E-state index contributed by atoms with van der Waals surface area (Å²) < 4.78 is 41.2. The third kappa shape index (κ3) is 4.70. The van der Waals surface area contributed by atoms with Crippen LogP contribution < -0.4 is 5.32 Å². The summed E-state index contributed by atoms with van der Waals surface area (Å²) in [5, 5.41) is 3.20. The topological polar surface area (TPSA) is 21.3 Å². The first-order valence-electron chi connectivity index (χ1n) is 5.84. The first kappa shape index (κ1) is 13.8. The summed E-state index contributed by atoms with van der Waals surface area (Å²) in [7, 11) is 0. The molecule has 0 spiro atoms. The van der Waals surface area contributed by atoms with Crippen molar-refractivity contribution >= 4 is 0 Å². The van der Waals surface area contributed by atoms with Crippen LogP contribution in [-0.2, 0) is 4.74 Å². The predicted octanol–water partition coefficient (Wildman–Crippen LogP) is 2.73. The van der Waals surface area contributed by atoms with Gasteiger partial charge in [-0.3, -0.25) is 0 Å². The van der Waals surface area contributed by atoms with E-state index in [9.17, 15) is 13.2 Å². The molecule has 0 aliphatic heterocycles. The molecule has 0 aromatic rings. The smallest absolute Gasteiger partial charge is 0.367 e. The lowest BCUT2D eigenvalue weighted by Gasteiger charge is -2.35. The Morgan fingerprint density at radius 2 is 2.00 bits per heavy atom. The standard InChI is InChI=1S/C11H20F3NO/c1-3-15-9-5-4-8(2)6-10(9)16-7-11(12,13)14/h8-10,15H,3-7H2,1-2H3. The molecular weight excluding hydrogens is 219 g/mol. The Kier molecular flexibility index (Phi) is 5.05. The van der Waals surface area contributed by atoms with Crippen LogP contribution in [0.15, 0.2) is 0 Å². The van der Waals surface area contributed by atoms with Crippen LogP contribution in [-0.4, -0.2) is 31.5 Å². The van der Waals surface area contributed by atoms with E-state index >= 15 is 0 Å². The first-order chi connectivity index (χ1) is 7.42. The van der Waals surface area contributed by atoms with Crippen molar-refractivity contribution in [2.75, 3.05) is 13.2 Å². The SMILES string of the molecule is CCNC1CCC(C)CC1OCC(F)(F)F. The Hall–Kier alpha value is -0.290. The van der Waals surface area contributed by atoms with Gasteiger partial charge >= 0.3 is 6.18 Å². The zero-order chi connectivity index (χ0) is 12.2. The second-order valence-corrected chi connectivity index (χ2v) is 4.55. The molecule has 1 rings (SSSR count). The molecule has 1 aliphatic rings. The molecule has 1 fully saturated rings. The van der Waals surface area contributed by atoms with E-state index in [1.165, 1.54) is 0 Å². The molecule has 96 valence electrons. The van der Waals surface area contributed by atoms with Gasteiger partial charge in [-0.2, -0.15) is 13.2 Å². The minimum Gasteiger partial charge on any atom is -0.367 e. The Bertz CT molecular complexity index is 208. The number of hydrogen-bond donors (Lipinski definition) is 1. The van der Waals surface area contributed by atoms with Crippen molar-refractivity contribution in [3.63, 3.8) is 0 Å². The summed E-state index contributed by atoms with van der Waals surface area (Å²) in [4.78, 5) is 0. The van der Waals surface area contributed by atoms with Crippen LogP contribution >= 0.6 is 0 Å². The quantitative estimate of drug-likeness (QED) is 0.814. The van der Waals surface area contributed by atoms with Gasteiger partial charge in [0.25, 0.3) is 0 Å². The van der Waals surface area contributed by atoms with E-state index in [2.05, 4.69) is 12.2 Å². The fraction of sp³-hybridized carbons (Fsp3) is 1.00. The number of alkyl halides is 3. The van der Waals surface area contributed by atoms with Crippen molar-refractivity contribution in [3.05, 3.63) is 0 Å². The number of halogens is 3. The second-order valence-electron chi connectivity index (χ2n) is 4.55. The lowest BCUT2D eigenvalue weighted by molar-refractivity contribution is -0.191. The van der Waals surface area contributed by atoms with Crippen LogP contribution in [0.25, 0.3) is 0 Å². The van der Waals surface area contributed by atoms with Crippen LogP contribution in [0.5, 0.6) is 0 Å². The fourth-order valence-corrected chi connectivity index (χ4v) is 2.21. The molecule has 2 nitrogen and oxygen atoms in total. The van der Waals surface area contributed by atoms with E-state index in [1.54, 1.807) is 0 Å². The molecule has 0 amide bonds. The number of rotatable bonds is 4. The molecule has 1 N–H and O–H groups in total. The molecule has 0 aromatic carbocycles. The Labute approximate surface area is 94.5 Å². The lowest BCUT2D eigenvalue weighted by Crippen LogP contribution is -2.46. The van der Waals surface area contributed by atoms with Gasteiger partial charge in [0.15, 0.2) is 0 Å². The fourth-order valence-electron chi connectivity index (χ4n) is 2.21. The van der Waals surface area contributed by atoms with Gasteiger partial charge in [-0.05, 0) is 31.7 Å². The van der Waals surface area contributed by atoms with Crippen molar-refractivity contribution in [2.24, 2.45) is 5.92 Å². The molecule has 5 heteroatoms. The summed E-state index contributed by atoms with van der Waals surface area (Å²) in [5.41, 5.74) is 0. The van der Waals surface area contributed by atoms with Gasteiger partial charge in [-0.25, -0.2) is 0 Å². The Morgan fingerprint density at radius 3 is 2.56 bits per heavy atom. The van der Waals surface area contributed by atoms with E-state index in [4.69, 9.17) is 4.74 Å². The maximum Gasteiger partial charge on any atom is 0.411 e. The van der Waals surface area contributed by atoms with Gasteiger partial charge in [-0.1, -0.05) is 13.8 Å². The molecule has 0 aromatic heterocycles. The largest absolute Gasteiger partial charge is 0.411 e. The van der Waals surface area contributed by atoms with E-state index in [0.717, 1.165) is 19.4 Å². The van der Waals surface area contributed by atoms with Crippen LogP contribution in [0.4, 0.5) is 13.2 Å². The van der Waals surface area contributed by atoms with Gasteiger partial charge in [0.05, 0.1) is 6.10 Å². The van der Waals surface area contributed by atoms with Crippen molar-refractivity contribution in [1.29, 1.82) is 0 Å². The normalized spacial score (nSPS) is 31.7. The highest BCUT2D eigenvalue weighted by Gasteiger charge is 2.34. The number of ether oxygens (including phenoxy) is 1. The van der Waals surface area contributed by atoms with Crippen molar-refractivity contribution in [3.8, 4) is 0 Å². The third-order valence-electron chi connectivity index (χ3n) is 2.98. The minimum atomic E-state index is -4.22. The molecule has 3 atom stereocenters. The Balaban J connectivity index is 2.44. The second kappa shape index (κ2) is 5.87. The molecule has 1 aliphatic carbocycles. The van der Waals surface area contributed by atoms with Gasteiger partial charge < -0.3 is 10.1 Å². The van der Waals surface area contributed by atoms with Crippen LogP contribution in [0.3, 0.4) is 0 Å². The minimum absolute atomic E-state index is 0.0727. The summed E-state index contributed by atoms with van der Waals surface area (Å²) in [5.74, 6) is 0.452. The van der Waals surface area contributed by atoms with Crippen LogP contribution in [0, 0.1) is 5.92 Å². The number of likely N-dealkylation sites (N-methyl/N-ethyl adjacent to an activating group) is 1. The molecule has 1 saturated carbocycles. The van der Waals surface area contributed by atoms with Crippen molar-refractivity contribution < 1.29 is 17.9 Å². The average Bonchev–Trinajstić information content (AvgIpc) is 2.17. The molecule has 3 unspecified atom stereocenters. The lowest BCUT2D eigenvalue weighted by atomic mass is 9.85. The van der Waals surface area contributed by atoms with Gasteiger partial charge in [0.1, 0.15) is 6.61 Å². The molecule has 16 heavy (non-hydrogen) atoms. The van der Waals surface area contributed by atoms with Crippen LogP contribution in [0.2, 0.25) is 0 Å². The van der Waals surface area contributed by atoms with E-state index in [-0.39, 0.29) is 12.1 Å². The van der Waals surface area contributed by atoms with Gasteiger partial charge in [0.2, 0.25) is 0 Å². The molecular formula is C11H20F3NO. The maximum atomic E-state index is 12.1.